The molecule has 0 amide bonds. The van der Waals surface area contributed by atoms with E-state index >= 15 is 0 Å². The van der Waals surface area contributed by atoms with Crippen molar-refractivity contribution in [1.29, 1.82) is 0 Å². The first-order chi connectivity index (χ1) is 9.90. The summed E-state index contributed by atoms with van der Waals surface area (Å²) in [6.07, 6.45) is 13.0. The monoisotopic (exact) mass is 268 g/mol. The molecule has 4 heteroatoms. The van der Waals surface area contributed by atoms with Gasteiger partial charge in [0.05, 0.1) is 6.04 Å². The van der Waals surface area contributed by atoms with Gasteiger partial charge in [0.2, 0.25) is 0 Å². The zero-order valence-corrected chi connectivity index (χ0v) is 11.6. The lowest BCUT2D eigenvalue weighted by Gasteiger charge is -2.39. The van der Waals surface area contributed by atoms with Crippen molar-refractivity contribution in [2.24, 2.45) is 0 Å². The number of hydrogen-bond donors (Lipinski definition) is 0. The van der Waals surface area contributed by atoms with Crippen LogP contribution in [-0.4, -0.2) is 31.7 Å². The number of piperidine rings is 1. The van der Waals surface area contributed by atoms with Gasteiger partial charge >= 0.3 is 0 Å². The predicted octanol–water partition coefficient (Wildman–Crippen LogP) is 2.65. The van der Waals surface area contributed by atoms with Gasteiger partial charge < -0.3 is 0 Å². The van der Waals surface area contributed by atoms with Gasteiger partial charge in [0.15, 0.2) is 0 Å². The van der Waals surface area contributed by atoms with Gasteiger partial charge in [-0.3, -0.25) is 14.6 Å². The van der Waals surface area contributed by atoms with Gasteiger partial charge in [-0.2, -0.15) is 5.10 Å². The molecule has 4 rings (SSSR count). The molecule has 0 aromatic carbocycles. The Morgan fingerprint density at radius 2 is 1.90 bits per heavy atom. The number of nitrogens with zero attached hydrogens (tertiary/aromatic N) is 4. The van der Waals surface area contributed by atoms with Gasteiger partial charge in [-0.1, -0.05) is 6.07 Å². The zero-order chi connectivity index (χ0) is 13.4. The minimum atomic E-state index is 0.590. The van der Waals surface area contributed by atoms with E-state index in [4.69, 9.17) is 0 Å². The van der Waals surface area contributed by atoms with Crippen molar-refractivity contribution in [2.45, 2.75) is 50.4 Å². The Hall–Kier alpha value is -1.68. The zero-order valence-electron chi connectivity index (χ0n) is 11.6. The maximum Gasteiger partial charge on any atom is 0.0549 e. The average molecular weight is 268 g/mol. The molecule has 0 N–H and O–H groups in total. The second-order valence-corrected chi connectivity index (χ2v) is 6.03. The highest BCUT2D eigenvalue weighted by molar-refractivity contribution is 5.10. The molecule has 2 bridgehead atoms. The summed E-state index contributed by atoms with van der Waals surface area (Å²) in [6, 6.07) is 8.27. The number of fused-ring (bicyclic) bond motifs is 2. The molecule has 104 valence electrons. The molecule has 4 nitrogen and oxygen atoms in total. The van der Waals surface area contributed by atoms with Crippen molar-refractivity contribution in [2.75, 3.05) is 0 Å². The summed E-state index contributed by atoms with van der Waals surface area (Å²) in [4.78, 5) is 6.93. The van der Waals surface area contributed by atoms with Crippen LogP contribution in [-0.2, 0) is 6.54 Å². The molecule has 20 heavy (non-hydrogen) atoms. The number of aromatic nitrogens is 3. The summed E-state index contributed by atoms with van der Waals surface area (Å²) >= 11 is 0. The third-order valence-corrected chi connectivity index (χ3v) is 4.85. The van der Waals surface area contributed by atoms with Crippen molar-refractivity contribution in [3.8, 4) is 0 Å². The molecular weight excluding hydrogens is 248 g/mol. The third kappa shape index (κ3) is 2.14. The maximum atomic E-state index is 4.43. The van der Waals surface area contributed by atoms with Crippen LogP contribution in [0.15, 0.2) is 43.0 Å². The van der Waals surface area contributed by atoms with Crippen LogP contribution in [0.25, 0.3) is 0 Å². The minimum Gasteiger partial charge on any atom is -0.293 e. The molecule has 0 spiro atoms. The van der Waals surface area contributed by atoms with Crippen LogP contribution < -0.4 is 0 Å². The fourth-order valence-corrected chi connectivity index (χ4v) is 3.92. The smallest absolute Gasteiger partial charge is 0.0549 e. The Bertz CT molecular complexity index is 537. The Balaban J connectivity index is 1.49. The van der Waals surface area contributed by atoms with Crippen molar-refractivity contribution in [1.82, 2.24) is 19.7 Å². The van der Waals surface area contributed by atoms with Crippen molar-refractivity contribution < 1.29 is 0 Å². The molecule has 2 fully saturated rings. The maximum absolute atomic E-state index is 4.43. The summed E-state index contributed by atoms with van der Waals surface area (Å²) in [5.74, 6) is 0. The van der Waals surface area contributed by atoms with E-state index in [1.54, 1.807) is 0 Å². The molecule has 0 saturated carbocycles. The quantitative estimate of drug-likeness (QED) is 0.858. The Morgan fingerprint density at radius 1 is 1.05 bits per heavy atom. The normalized spacial score (nSPS) is 29.7. The Labute approximate surface area is 119 Å². The first-order valence-corrected chi connectivity index (χ1v) is 7.54. The molecule has 2 atom stereocenters. The molecule has 0 aliphatic carbocycles. The topological polar surface area (TPSA) is 34.0 Å². The fourth-order valence-electron chi connectivity index (χ4n) is 3.92. The summed E-state index contributed by atoms with van der Waals surface area (Å²) in [6.45, 7) is 1.05. The van der Waals surface area contributed by atoms with E-state index in [-0.39, 0.29) is 0 Å². The van der Waals surface area contributed by atoms with Gasteiger partial charge in [0.1, 0.15) is 0 Å². The van der Waals surface area contributed by atoms with Crippen LogP contribution >= 0.6 is 0 Å². The summed E-state index contributed by atoms with van der Waals surface area (Å²) in [5, 5.41) is 4.43. The van der Waals surface area contributed by atoms with Crippen LogP contribution in [0.1, 0.15) is 37.3 Å². The molecule has 2 unspecified atom stereocenters. The molecule has 2 aliphatic heterocycles. The SMILES string of the molecule is c1cncc(CN2C3CCC2CC(n2cccn2)C3)c1. The van der Waals surface area contributed by atoms with E-state index in [0.717, 1.165) is 6.54 Å². The Kier molecular flexibility index (Phi) is 3.03. The third-order valence-electron chi connectivity index (χ3n) is 4.85. The lowest BCUT2D eigenvalue weighted by atomic mass is 9.97. The predicted molar refractivity (Wildman–Crippen MR) is 77.1 cm³/mol. The minimum absolute atomic E-state index is 0.590. The van der Waals surface area contributed by atoms with Crippen LogP contribution in [0.2, 0.25) is 0 Å². The van der Waals surface area contributed by atoms with Crippen LogP contribution in [0.4, 0.5) is 0 Å². The number of hydrogen-bond acceptors (Lipinski definition) is 3. The first kappa shape index (κ1) is 12.1. The second-order valence-electron chi connectivity index (χ2n) is 6.03. The van der Waals surface area contributed by atoms with Gasteiger partial charge in [-0.25, -0.2) is 0 Å². The van der Waals surface area contributed by atoms with E-state index in [2.05, 4.69) is 31.9 Å². The fraction of sp³-hybridized carbons (Fsp3) is 0.500. The molecular formula is C16H20N4. The molecule has 2 saturated heterocycles. The van der Waals surface area contributed by atoms with Crippen molar-refractivity contribution >= 4 is 0 Å². The summed E-state index contributed by atoms with van der Waals surface area (Å²) < 4.78 is 2.16. The lowest BCUT2D eigenvalue weighted by molar-refractivity contribution is 0.0950. The van der Waals surface area contributed by atoms with Crippen molar-refractivity contribution in [3.63, 3.8) is 0 Å². The molecule has 2 aromatic rings. The molecule has 0 radical (unpaired) electrons. The number of rotatable bonds is 3. The first-order valence-electron chi connectivity index (χ1n) is 7.54. The second kappa shape index (κ2) is 5.02. The van der Waals surface area contributed by atoms with E-state index in [1.165, 1.54) is 31.2 Å². The highest BCUT2D eigenvalue weighted by Gasteiger charge is 2.41. The van der Waals surface area contributed by atoms with Gasteiger partial charge in [-0.05, 0) is 43.4 Å². The molecule has 2 aliphatic rings. The average Bonchev–Trinajstić information content (AvgIpc) is 3.08. The van der Waals surface area contributed by atoms with Gasteiger partial charge in [0.25, 0.3) is 0 Å². The highest BCUT2D eigenvalue weighted by Crippen LogP contribution is 2.41. The van der Waals surface area contributed by atoms with E-state index in [9.17, 15) is 0 Å². The Morgan fingerprint density at radius 3 is 2.55 bits per heavy atom. The van der Waals surface area contributed by atoms with Crippen LogP contribution in [0.3, 0.4) is 0 Å². The lowest BCUT2D eigenvalue weighted by Crippen LogP contribution is -2.42. The van der Waals surface area contributed by atoms with E-state index in [0.29, 0.717) is 18.1 Å². The highest BCUT2D eigenvalue weighted by atomic mass is 15.3. The summed E-state index contributed by atoms with van der Waals surface area (Å²) in [5.41, 5.74) is 1.34. The summed E-state index contributed by atoms with van der Waals surface area (Å²) in [7, 11) is 0. The standard InChI is InChI=1S/C16H20N4/c1-3-13(11-17-6-1)12-19-14-4-5-15(19)10-16(9-14)20-8-2-7-18-20/h1-3,6-8,11,14-16H,4-5,9-10,12H2. The van der Waals surface area contributed by atoms with Crippen LogP contribution in [0, 0.1) is 0 Å². The van der Waals surface area contributed by atoms with E-state index in [1.807, 2.05) is 30.7 Å². The molecule has 2 aromatic heterocycles. The van der Waals surface area contributed by atoms with Gasteiger partial charge in [-0.15, -0.1) is 0 Å². The van der Waals surface area contributed by atoms with Crippen molar-refractivity contribution in [3.05, 3.63) is 48.5 Å². The van der Waals surface area contributed by atoms with Gasteiger partial charge in [0, 0.05) is 43.4 Å². The molecule has 4 heterocycles. The largest absolute Gasteiger partial charge is 0.293 e. The number of pyridine rings is 1. The van der Waals surface area contributed by atoms with Crippen LogP contribution in [0.5, 0.6) is 0 Å². The van der Waals surface area contributed by atoms with E-state index < -0.39 is 0 Å².